The van der Waals surface area contributed by atoms with Gasteiger partial charge in [0.25, 0.3) is 0 Å². The number of aromatic nitrogens is 1. The number of rotatable bonds is 11. The summed E-state index contributed by atoms with van der Waals surface area (Å²) in [7, 11) is 0. The van der Waals surface area contributed by atoms with E-state index in [1.165, 1.54) is 0 Å². The monoisotopic (exact) mass is 533 g/mol. The Morgan fingerprint density at radius 1 is 1.08 bits per heavy atom. The Labute approximate surface area is 227 Å². The third-order valence-corrected chi connectivity index (χ3v) is 8.09. The highest BCUT2D eigenvalue weighted by molar-refractivity contribution is 7.10. The molecule has 4 aromatic rings. The number of hydrogen-bond donors (Lipinski definition) is 3. The summed E-state index contributed by atoms with van der Waals surface area (Å²) >= 11 is 1.65. The van der Waals surface area contributed by atoms with Crippen LogP contribution in [0, 0.1) is 0 Å². The van der Waals surface area contributed by atoms with E-state index >= 15 is 0 Å². The average Bonchev–Trinajstić information content (AvgIpc) is 3.64. The molecule has 3 heterocycles. The lowest BCUT2D eigenvalue weighted by molar-refractivity contribution is -0.125. The van der Waals surface area contributed by atoms with Gasteiger partial charge < -0.3 is 24.9 Å². The number of carbonyl (C=O) groups is 1. The Morgan fingerprint density at radius 2 is 1.84 bits per heavy atom. The summed E-state index contributed by atoms with van der Waals surface area (Å²) in [5, 5.41) is 20.2. The minimum absolute atomic E-state index is 0.146. The number of hydrogen-bond acceptors (Lipinski definition) is 7. The van der Waals surface area contributed by atoms with Gasteiger partial charge in [-0.15, -0.1) is 11.3 Å². The van der Waals surface area contributed by atoms with Crippen LogP contribution in [0.1, 0.15) is 61.0 Å². The predicted molar refractivity (Wildman–Crippen MR) is 149 cm³/mol. The standard InChI is InChI=1S/C30H35N3O4S/c1-2-9-23(28(34)30-33-22-12-6-7-13-24(22)37-30)32-29(35)27(31-21-15-17-36-18-16-21)26(25-14-8-19-38-25)20-10-4-3-5-11-20/h3-8,10-14,19,21,23,26-28,31,34H,2,9,15-18H2,1H3,(H,32,35)/t23-,26?,27?,28?/m0/s1. The van der Waals surface area contributed by atoms with Gasteiger partial charge in [0.1, 0.15) is 5.52 Å². The van der Waals surface area contributed by atoms with Crippen LogP contribution in [0.5, 0.6) is 0 Å². The molecule has 7 nitrogen and oxygen atoms in total. The summed E-state index contributed by atoms with van der Waals surface area (Å²) in [4.78, 5) is 19.8. The highest BCUT2D eigenvalue weighted by Crippen LogP contribution is 2.33. The van der Waals surface area contributed by atoms with Crippen LogP contribution in [-0.4, -0.2) is 47.3 Å². The predicted octanol–water partition coefficient (Wildman–Crippen LogP) is 5.18. The van der Waals surface area contributed by atoms with Gasteiger partial charge >= 0.3 is 0 Å². The molecule has 0 radical (unpaired) electrons. The molecule has 200 valence electrons. The first-order valence-electron chi connectivity index (χ1n) is 13.4. The Bertz CT molecular complexity index is 1250. The average molecular weight is 534 g/mol. The van der Waals surface area contributed by atoms with Gasteiger partial charge in [-0.2, -0.15) is 0 Å². The summed E-state index contributed by atoms with van der Waals surface area (Å²) < 4.78 is 11.4. The van der Waals surface area contributed by atoms with Crippen molar-refractivity contribution in [1.82, 2.24) is 15.6 Å². The number of amides is 1. The van der Waals surface area contributed by atoms with Crippen molar-refractivity contribution in [2.75, 3.05) is 13.2 Å². The van der Waals surface area contributed by atoms with Gasteiger partial charge in [-0.25, -0.2) is 4.98 Å². The largest absolute Gasteiger partial charge is 0.438 e. The number of benzene rings is 2. The lowest BCUT2D eigenvalue weighted by atomic mass is 9.87. The van der Waals surface area contributed by atoms with Crippen LogP contribution in [-0.2, 0) is 9.53 Å². The SMILES string of the molecule is CCC[C@H](NC(=O)C(NC1CCOCC1)C(c1ccccc1)c1cccs1)C(O)c1nc2ccccc2o1. The molecular formula is C30H35N3O4S. The number of carbonyl (C=O) groups excluding carboxylic acids is 1. The van der Waals surface area contributed by atoms with Crippen molar-refractivity contribution in [3.05, 3.63) is 88.4 Å². The number of fused-ring (bicyclic) bond motifs is 1. The van der Waals surface area contributed by atoms with Crippen molar-refractivity contribution in [3.8, 4) is 0 Å². The second-order valence-corrected chi connectivity index (χ2v) is 10.8. The molecule has 0 bridgehead atoms. The van der Waals surface area contributed by atoms with Gasteiger partial charge in [-0.05, 0) is 48.4 Å². The zero-order chi connectivity index (χ0) is 26.3. The fourth-order valence-corrected chi connectivity index (χ4v) is 6.06. The molecule has 0 aliphatic carbocycles. The molecule has 1 aliphatic heterocycles. The molecule has 0 spiro atoms. The number of para-hydroxylation sites is 2. The maximum absolute atomic E-state index is 14.2. The molecule has 0 saturated carbocycles. The Hall–Kier alpha value is -3.04. The molecule has 1 aliphatic rings. The van der Waals surface area contributed by atoms with Crippen LogP contribution < -0.4 is 10.6 Å². The van der Waals surface area contributed by atoms with E-state index in [2.05, 4.69) is 33.8 Å². The van der Waals surface area contributed by atoms with E-state index in [-0.39, 0.29) is 23.8 Å². The molecule has 8 heteroatoms. The number of thiophene rings is 1. The molecule has 5 rings (SSSR count). The third-order valence-electron chi connectivity index (χ3n) is 7.13. The van der Waals surface area contributed by atoms with Crippen LogP contribution in [0.2, 0.25) is 0 Å². The first kappa shape index (κ1) is 26.6. The molecule has 3 N–H and O–H groups in total. The number of aliphatic hydroxyl groups excluding tert-OH is 1. The van der Waals surface area contributed by atoms with E-state index in [4.69, 9.17) is 9.15 Å². The summed E-state index contributed by atoms with van der Waals surface area (Å²) in [5.74, 6) is -0.105. The van der Waals surface area contributed by atoms with E-state index in [1.807, 2.05) is 60.8 Å². The third kappa shape index (κ3) is 6.15. The Balaban J connectivity index is 1.45. The van der Waals surface area contributed by atoms with Crippen molar-refractivity contribution in [2.45, 2.75) is 62.8 Å². The zero-order valence-electron chi connectivity index (χ0n) is 21.6. The van der Waals surface area contributed by atoms with E-state index in [9.17, 15) is 9.90 Å². The second-order valence-electron chi connectivity index (χ2n) is 9.80. The van der Waals surface area contributed by atoms with E-state index < -0.39 is 18.2 Å². The Kier molecular flexibility index (Phi) is 8.86. The van der Waals surface area contributed by atoms with Gasteiger partial charge in [-0.1, -0.05) is 61.9 Å². The van der Waals surface area contributed by atoms with E-state index in [1.54, 1.807) is 11.3 Å². The van der Waals surface area contributed by atoms with Crippen LogP contribution in [0.15, 0.2) is 76.5 Å². The minimum Gasteiger partial charge on any atom is -0.438 e. The highest BCUT2D eigenvalue weighted by Gasteiger charge is 2.36. The fourth-order valence-electron chi connectivity index (χ4n) is 5.17. The zero-order valence-corrected chi connectivity index (χ0v) is 22.4. The molecule has 1 fully saturated rings. The summed E-state index contributed by atoms with van der Waals surface area (Å²) in [6, 6.07) is 20.8. The van der Waals surface area contributed by atoms with Gasteiger partial charge in [-0.3, -0.25) is 4.79 Å². The molecular weight excluding hydrogens is 498 g/mol. The number of oxazole rings is 1. The summed E-state index contributed by atoms with van der Waals surface area (Å²) in [6.45, 7) is 3.39. The van der Waals surface area contributed by atoms with Gasteiger partial charge in [0.15, 0.2) is 11.7 Å². The van der Waals surface area contributed by atoms with E-state index in [0.717, 1.165) is 29.7 Å². The lowest BCUT2D eigenvalue weighted by Crippen LogP contribution is -2.55. The number of ether oxygens (including phenoxy) is 1. The fraction of sp³-hybridized carbons (Fsp3) is 0.400. The number of aliphatic hydroxyl groups is 1. The van der Waals surface area contributed by atoms with Crippen molar-refractivity contribution in [2.24, 2.45) is 0 Å². The molecule has 1 saturated heterocycles. The van der Waals surface area contributed by atoms with Crippen LogP contribution in [0.3, 0.4) is 0 Å². The molecule has 3 unspecified atom stereocenters. The van der Waals surface area contributed by atoms with Gasteiger partial charge in [0, 0.05) is 30.1 Å². The minimum atomic E-state index is -1.06. The van der Waals surface area contributed by atoms with Gasteiger partial charge in [0.05, 0.1) is 12.1 Å². The summed E-state index contributed by atoms with van der Waals surface area (Å²) in [6.07, 6.45) is 2.00. The molecule has 1 amide bonds. The van der Waals surface area contributed by atoms with Crippen molar-refractivity contribution in [1.29, 1.82) is 0 Å². The first-order valence-corrected chi connectivity index (χ1v) is 14.3. The smallest absolute Gasteiger partial charge is 0.238 e. The number of nitrogens with one attached hydrogen (secondary N) is 2. The van der Waals surface area contributed by atoms with Crippen LogP contribution in [0.25, 0.3) is 11.1 Å². The maximum Gasteiger partial charge on any atom is 0.238 e. The van der Waals surface area contributed by atoms with Crippen LogP contribution in [0.4, 0.5) is 0 Å². The Morgan fingerprint density at radius 3 is 2.55 bits per heavy atom. The van der Waals surface area contributed by atoms with Gasteiger partial charge in [0.2, 0.25) is 11.8 Å². The molecule has 4 atom stereocenters. The lowest BCUT2D eigenvalue weighted by Gasteiger charge is -2.34. The number of nitrogens with zero attached hydrogens (tertiary/aromatic N) is 1. The normalized spacial score (nSPS) is 17.6. The molecule has 38 heavy (non-hydrogen) atoms. The first-order chi connectivity index (χ1) is 18.6. The highest BCUT2D eigenvalue weighted by atomic mass is 32.1. The topological polar surface area (TPSA) is 96.6 Å². The van der Waals surface area contributed by atoms with Crippen LogP contribution >= 0.6 is 11.3 Å². The van der Waals surface area contributed by atoms with E-state index in [0.29, 0.717) is 30.7 Å². The maximum atomic E-state index is 14.2. The summed E-state index contributed by atoms with van der Waals surface area (Å²) in [5.41, 5.74) is 2.37. The van der Waals surface area contributed by atoms with Crippen molar-refractivity contribution < 1.29 is 19.1 Å². The molecule has 2 aromatic carbocycles. The second kappa shape index (κ2) is 12.7. The quantitative estimate of drug-likeness (QED) is 0.246. The van der Waals surface area contributed by atoms with Crippen molar-refractivity contribution >= 4 is 28.3 Å². The molecule has 2 aromatic heterocycles. The van der Waals surface area contributed by atoms with Crippen molar-refractivity contribution in [3.63, 3.8) is 0 Å².